The minimum atomic E-state index is -0.838. The molecule has 32 heavy (non-hydrogen) atoms. The third-order valence-electron chi connectivity index (χ3n) is 3.40. The molecule has 0 bridgehead atoms. The topological polar surface area (TPSA) is 54.5 Å². The fourth-order valence-electron chi connectivity index (χ4n) is 2.15. The highest BCUT2D eigenvalue weighted by molar-refractivity contribution is 5.93. The highest BCUT2D eigenvalue weighted by Crippen LogP contribution is 2.21. The largest absolute Gasteiger partial charge is 0.306 e. The molecule has 0 rings (SSSR count). The van der Waals surface area contributed by atoms with Crippen molar-refractivity contribution in [3.05, 3.63) is 37.2 Å². The summed E-state index contributed by atoms with van der Waals surface area (Å²) in [5.41, 5.74) is 0.0525. The third kappa shape index (κ3) is 32.8. The molecule has 0 radical (unpaired) electrons. The molecule has 0 N–H and O–H groups in total. The van der Waals surface area contributed by atoms with Gasteiger partial charge in [0.05, 0.1) is 0 Å². The minimum Gasteiger partial charge on any atom is -0.306 e. The summed E-state index contributed by atoms with van der Waals surface area (Å²) in [4.78, 5) is 34.8. The van der Waals surface area contributed by atoms with Crippen LogP contribution >= 0.6 is 0 Å². The van der Waals surface area contributed by atoms with Crippen LogP contribution in [0.2, 0.25) is 0 Å². The maximum Gasteiger partial charge on any atom is 0.191 e. The van der Waals surface area contributed by atoms with Crippen molar-refractivity contribution in [1.29, 1.82) is 0 Å². The van der Waals surface area contributed by atoms with Crippen LogP contribution in [0.3, 0.4) is 0 Å². The number of allylic oxidation sites excluding steroid dienone is 3. The monoisotopic (exact) mass is 453 g/mol. The van der Waals surface area contributed by atoms with Crippen LogP contribution in [-0.2, 0) is 14.4 Å². The van der Waals surface area contributed by atoms with Gasteiger partial charge in [-0.15, -0.1) is 0 Å². The number of nitrogens with zero attached hydrogens (tertiary/aromatic N) is 1. The maximum atomic E-state index is 12.1. The lowest BCUT2D eigenvalue weighted by Gasteiger charge is -2.15. The number of likely N-dealkylation sites (N-methyl/N-ethyl adjacent to an activating group) is 1. The van der Waals surface area contributed by atoms with Gasteiger partial charge >= 0.3 is 0 Å². The first-order valence-electron chi connectivity index (χ1n) is 11.0. The quantitative estimate of drug-likeness (QED) is 0.381. The molecule has 0 atom stereocenters. The van der Waals surface area contributed by atoms with Crippen molar-refractivity contribution >= 4 is 17.3 Å². The van der Waals surface area contributed by atoms with E-state index >= 15 is 0 Å². The van der Waals surface area contributed by atoms with Crippen LogP contribution in [0.25, 0.3) is 0 Å². The summed E-state index contributed by atoms with van der Waals surface area (Å²) < 4.78 is 12.1. The number of halogens is 1. The normalized spacial score (nSPS) is 11.8. The fourth-order valence-corrected chi connectivity index (χ4v) is 2.15. The summed E-state index contributed by atoms with van der Waals surface area (Å²) in [6.45, 7) is 25.1. The Labute approximate surface area is 197 Å². The van der Waals surface area contributed by atoms with Crippen molar-refractivity contribution in [1.82, 2.24) is 4.90 Å². The van der Waals surface area contributed by atoms with Gasteiger partial charge in [0.1, 0.15) is 0 Å². The van der Waals surface area contributed by atoms with Crippen LogP contribution in [0.1, 0.15) is 81.6 Å². The van der Waals surface area contributed by atoms with Crippen molar-refractivity contribution in [2.75, 3.05) is 20.6 Å². The molecule has 0 amide bonds. The lowest BCUT2D eigenvalue weighted by atomic mass is 9.90. The second-order valence-electron chi connectivity index (χ2n) is 11.8. The molecule has 0 aromatic carbocycles. The van der Waals surface area contributed by atoms with Crippen molar-refractivity contribution in [2.24, 2.45) is 16.2 Å². The van der Waals surface area contributed by atoms with Gasteiger partial charge in [-0.25, -0.2) is 4.39 Å². The highest BCUT2D eigenvalue weighted by Gasteiger charge is 2.17. The van der Waals surface area contributed by atoms with Crippen LogP contribution in [0.15, 0.2) is 37.2 Å². The highest BCUT2D eigenvalue weighted by atomic mass is 19.1. The van der Waals surface area contributed by atoms with Crippen molar-refractivity contribution in [3.63, 3.8) is 0 Å². The predicted molar refractivity (Wildman–Crippen MR) is 135 cm³/mol. The Morgan fingerprint density at radius 3 is 1.38 bits per heavy atom. The number of Topliss-reactive ketones (excluding diaryl/α,β-unsaturated/α-hetero) is 1. The Balaban J connectivity index is -0.000000403. The van der Waals surface area contributed by atoms with E-state index in [0.29, 0.717) is 12.8 Å². The van der Waals surface area contributed by atoms with Crippen LogP contribution in [0.4, 0.5) is 4.39 Å². The average molecular weight is 454 g/mol. The zero-order valence-corrected chi connectivity index (χ0v) is 22.5. The van der Waals surface area contributed by atoms with E-state index in [1.807, 2.05) is 66.6 Å². The number of carbonyl (C=O) groups excluding carboxylic acids is 3. The molecule has 0 spiro atoms. The zero-order chi connectivity index (χ0) is 26.3. The Bertz CT molecular complexity index is 639. The van der Waals surface area contributed by atoms with E-state index in [1.165, 1.54) is 6.08 Å². The molecule has 0 fully saturated rings. The van der Waals surface area contributed by atoms with E-state index in [1.54, 1.807) is 6.08 Å². The van der Waals surface area contributed by atoms with E-state index in [9.17, 15) is 18.8 Å². The minimum absolute atomic E-state index is 0.0968. The standard InChI is InChI=1S/C11H21NO.C8H13FO.C8H14O/c1-11(2,3)9-10(13)7-6-8-12(4)5;1-6(9)7(10)5-8(2,3)4;1-5-7(9)6-8(2,3)4/h6-7H,8-9H2,1-5H3;1,5H2,2-4H3;5H,1,6H2,2-4H3/b7-6+;;. The van der Waals surface area contributed by atoms with Crippen LogP contribution in [0.5, 0.6) is 0 Å². The number of carbonyl (C=O) groups is 3. The number of ketones is 3. The molecule has 4 nitrogen and oxygen atoms in total. The van der Waals surface area contributed by atoms with Crippen molar-refractivity contribution in [2.45, 2.75) is 81.6 Å². The number of hydrogen-bond donors (Lipinski definition) is 0. The Kier molecular flexibility index (Phi) is 17.2. The van der Waals surface area contributed by atoms with E-state index in [2.05, 4.69) is 33.9 Å². The van der Waals surface area contributed by atoms with Gasteiger partial charge in [-0.1, -0.05) is 81.5 Å². The van der Waals surface area contributed by atoms with Crippen molar-refractivity contribution < 1.29 is 18.8 Å². The summed E-state index contributed by atoms with van der Waals surface area (Å²) in [7, 11) is 3.97. The molecule has 0 saturated heterocycles. The van der Waals surface area contributed by atoms with Crippen LogP contribution in [0, 0.1) is 16.2 Å². The molecule has 0 unspecified atom stereocenters. The van der Waals surface area contributed by atoms with Gasteiger partial charge in [-0.3, -0.25) is 14.4 Å². The van der Waals surface area contributed by atoms with Gasteiger partial charge in [-0.2, -0.15) is 0 Å². The molecular weight excluding hydrogens is 405 g/mol. The van der Waals surface area contributed by atoms with Gasteiger partial charge in [-0.05, 0) is 42.5 Å². The van der Waals surface area contributed by atoms with E-state index in [0.717, 1.165) is 6.54 Å². The van der Waals surface area contributed by atoms with Gasteiger partial charge in [0.25, 0.3) is 0 Å². The predicted octanol–water partition coefficient (Wildman–Crippen LogP) is 6.76. The Morgan fingerprint density at radius 1 is 0.781 bits per heavy atom. The van der Waals surface area contributed by atoms with Gasteiger partial charge in [0.2, 0.25) is 0 Å². The summed E-state index contributed by atoms with van der Waals surface area (Å²) in [5, 5.41) is 0. The zero-order valence-electron chi connectivity index (χ0n) is 22.5. The lowest BCUT2D eigenvalue weighted by Crippen LogP contribution is -2.13. The molecule has 186 valence electrons. The van der Waals surface area contributed by atoms with E-state index < -0.39 is 11.6 Å². The Hall–Kier alpha value is -1.88. The Morgan fingerprint density at radius 2 is 1.16 bits per heavy atom. The summed E-state index contributed by atoms with van der Waals surface area (Å²) >= 11 is 0. The third-order valence-corrected chi connectivity index (χ3v) is 3.40. The molecule has 0 aliphatic carbocycles. The molecule has 0 aromatic rings. The molecule has 0 heterocycles. The molecule has 0 aliphatic heterocycles. The number of rotatable bonds is 8. The van der Waals surface area contributed by atoms with Gasteiger partial charge in [0, 0.05) is 25.8 Å². The average Bonchev–Trinajstić information content (AvgIpc) is 2.50. The summed E-state index contributed by atoms with van der Waals surface area (Å²) in [6, 6.07) is 0. The second kappa shape index (κ2) is 15.8. The lowest BCUT2D eigenvalue weighted by molar-refractivity contribution is -0.118. The van der Waals surface area contributed by atoms with Gasteiger partial charge < -0.3 is 4.90 Å². The smallest absolute Gasteiger partial charge is 0.191 e. The van der Waals surface area contributed by atoms with Crippen molar-refractivity contribution in [3.8, 4) is 0 Å². The van der Waals surface area contributed by atoms with E-state index in [-0.39, 0.29) is 34.2 Å². The first-order chi connectivity index (χ1) is 14.1. The summed E-state index contributed by atoms with van der Waals surface area (Å²) in [6.07, 6.45) is 6.42. The molecular formula is C27H48FNO3. The van der Waals surface area contributed by atoms with Crippen LogP contribution in [-0.4, -0.2) is 42.9 Å². The first kappa shape index (κ1) is 34.7. The molecule has 0 aromatic heterocycles. The molecule has 5 heteroatoms. The fraction of sp³-hybridized carbons (Fsp3) is 0.667. The molecule has 0 aliphatic rings. The van der Waals surface area contributed by atoms with Crippen LogP contribution < -0.4 is 0 Å². The summed E-state index contributed by atoms with van der Waals surface area (Å²) in [5.74, 6) is -0.987. The first-order valence-corrected chi connectivity index (χ1v) is 11.0. The number of hydrogen-bond acceptors (Lipinski definition) is 4. The second-order valence-corrected chi connectivity index (χ2v) is 11.8. The van der Waals surface area contributed by atoms with Gasteiger partial charge in [0.15, 0.2) is 23.2 Å². The van der Waals surface area contributed by atoms with E-state index in [4.69, 9.17) is 0 Å². The maximum absolute atomic E-state index is 12.1. The SMILES string of the molecule is C=C(F)C(=O)CC(C)(C)C.C=CC(=O)CC(C)(C)C.CN(C)C/C=C/C(=O)CC(C)(C)C. The molecule has 0 saturated carbocycles.